The van der Waals surface area contributed by atoms with Crippen LogP contribution in [0.2, 0.25) is 0 Å². The molecule has 0 saturated heterocycles. The predicted octanol–water partition coefficient (Wildman–Crippen LogP) is 2.93. The molecule has 4 N–H and O–H groups in total. The Morgan fingerprint density at radius 2 is 2.04 bits per heavy atom. The fourth-order valence-electron chi connectivity index (χ4n) is 2.84. The number of thioether (sulfide) groups is 1. The Bertz CT molecular complexity index is 703. The van der Waals surface area contributed by atoms with Gasteiger partial charge in [0, 0.05) is 12.3 Å². The van der Waals surface area contributed by atoms with Crippen LogP contribution in [0, 0.1) is 0 Å². The van der Waals surface area contributed by atoms with Gasteiger partial charge in [-0.2, -0.15) is 20.2 Å². The Morgan fingerprint density at radius 3 is 2.73 bits per heavy atom. The molecule has 1 saturated carbocycles. The van der Waals surface area contributed by atoms with Gasteiger partial charge in [0.25, 0.3) is 10.1 Å². The fraction of sp³-hybridized carbons (Fsp3) is 0.588. The van der Waals surface area contributed by atoms with Crippen LogP contribution in [0.25, 0.3) is 0 Å². The van der Waals surface area contributed by atoms with Crippen LogP contribution in [0.4, 0.5) is 11.4 Å². The first-order chi connectivity index (χ1) is 12.4. The first kappa shape index (κ1) is 21.0. The molecule has 1 aromatic carbocycles. The average molecular weight is 403 g/mol. The number of rotatable bonds is 9. The highest BCUT2D eigenvalue weighted by atomic mass is 32.2. The molecule has 1 fully saturated rings. The third kappa shape index (κ3) is 7.14. The predicted molar refractivity (Wildman–Crippen MR) is 104 cm³/mol. The highest BCUT2D eigenvalue weighted by Crippen LogP contribution is 2.23. The van der Waals surface area contributed by atoms with Gasteiger partial charge in [0.2, 0.25) is 5.91 Å². The van der Waals surface area contributed by atoms with Crippen LogP contribution < -0.4 is 11.1 Å². The van der Waals surface area contributed by atoms with E-state index in [4.69, 9.17) is 15.0 Å². The Balaban J connectivity index is 1.66. The summed E-state index contributed by atoms with van der Waals surface area (Å²) in [4.78, 5) is 11.5. The third-order valence-electron chi connectivity index (χ3n) is 4.15. The minimum atomic E-state index is -4.42. The number of carbonyl (C=O) groups excluding carboxylic acids is 1. The highest BCUT2D eigenvalue weighted by Gasteiger charge is 2.15. The zero-order chi connectivity index (χ0) is 19.0. The van der Waals surface area contributed by atoms with Crippen LogP contribution in [-0.4, -0.2) is 43.1 Å². The number of nitrogens with two attached hydrogens (primary N) is 1. The van der Waals surface area contributed by atoms with E-state index in [1.54, 1.807) is 0 Å². The maximum atomic E-state index is 11.9. The lowest BCUT2D eigenvalue weighted by molar-refractivity contribution is -0.113. The second-order valence-corrected chi connectivity index (χ2v) is 8.81. The molecule has 2 rings (SSSR count). The van der Waals surface area contributed by atoms with Gasteiger partial charge in [0.15, 0.2) is 0 Å². The monoisotopic (exact) mass is 402 g/mol. The van der Waals surface area contributed by atoms with Crippen LogP contribution in [-0.2, 0) is 19.6 Å². The molecule has 0 bridgehead atoms. The lowest BCUT2D eigenvalue weighted by Crippen LogP contribution is -2.18. The summed E-state index contributed by atoms with van der Waals surface area (Å²) < 4.78 is 37.4. The lowest BCUT2D eigenvalue weighted by Gasteiger charge is -2.21. The standard InChI is InChI=1S/C17H26N2O5S2/c18-15-8-7-13(11-16(15)26(21,22)23)19-17(20)12-25-10-4-9-24-14-5-2-1-3-6-14/h7-8,11,14H,1-6,9-10,12,18H2,(H,19,20)(H,21,22,23). The van der Waals surface area contributed by atoms with Gasteiger partial charge in [-0.15, -0.1) is 0 Å². The van der Waals surface area contributed by atoms with E-state index in [9.17, 15) is 13.2 Å². The van der Waals surface area contributed by atoms with Crippen LogP contribution >= 0.6 is 11.8 Å². The minimum absolute atomic E-state index is 0.0714. The third-order valence-corrected chi connectivity index (χ3v) is 6.10. The SMILES string of the molecule is Nc1ccc(NC(=O)CSCCCOC2CCCCC2)cc1S(=O)(=O)O. The van der Waals surface area contributed by atoms with E-state index in [-0.39, 0.29) is 23.0 Å². The smallest absolute Gasteiger partial charge is 0.296 e. The van der Waals surface area contributed by atoms with Gasteiger partial charge in [0.1, 0.15) is 4.90 Å². The molecule has 0 radical (unpaired) electrons. The molecule has 146 valence electrons. The van der Waals surface area contributed by atoms with Crippen molar-refractivity contribution in [2.75, 3.05) is 29.2 Å². The molecule has 1 aliphatic rings. The number of nitrogens with one attached hydrogen (secondary N) is 1. The summed E-state index contributed by atoms with van der Waals surface area (Å²) in [6.07, 6.45) is 7.42. The first-order valence-electron chi connectivity index (χ1n) is 8.72. The van der Waals surface area contributed by atoms with Crippen molar-refractivity contribution < 1.29 is 22.5 Å². The van der Waals surface area contributed by atoms with Gasteiger partial charge in [-0.05, 0) is 43.2 Å². The summed E-state index contributed by atoms with van der Waals surface area (Å²) in [6, 6.07) is 3.96. The minimum Gasteiger partial charge on any atom is -0.398 e. The summed E-state index contributed by atoms with van der Waals surface area (Å²) in [6.45, 7) is 0.717. The van der Waals surface area contributed by atoms with Crippen molar-refractivity contribution in [2.24, 2.45) is 0 Å². The molecule has 0 unspecified atom stereocenters. The van der Waals surface area contributed by atoms with Gasteiger partial charge in [0.05, 0.1) is 17.5 Å². The van der Waals surface area contributed by atoms with Crippen molar-refractivity contribution >= 4 is 39.2 Å². The summed E-state index contributed by atoms with van der Waals surface area (Å²) in [5, 5.41) is 2.60. The topological polar surface area (TPSA) is 119 Å². The molecule has 7 nitrogen and oxygen atoms in total. The van der Waals surface area contributed by atoms with Crippen LogP contribution in [0.1, 0.15) is 38.5 Å². The van der Waals surface area contributed by atoms with Crippen molar-refractivity contribution in [2.45, 2.75) is 49.5 Å². The van der Waals surface area contributed by atoms with E-state index in [2.05, 4.69) is 5.32 Å². The molecule has 0 aromatic heterocycles. The summed E-state index contributed by atoms with van der Waals surface area (Å²) >= 11 is 1.50. The van der Waals surface area contributed by atoms with E-state index < -0.39 is 15.0 Å². The summed E-state index contributed by atoms with van der Waals surface area (Å²) in [5.74, 6) is 0.835. The second kappa shape index (κ2) is 10.1. The van der Waals surface area contributed by atoms with Gasteiger partial charge < -0.3 is 15.8 Å². The van der Waals surface area contributed by atoms with Crippen molar-refractivity contribution in [3.05, 3.63) is 18.2 Å². The molecule has 1 aromatic rings. The van der Waals surface area contributed by atoms with Crippen molar-refractivity contribution in [3.8, 4) is 0 Å². The number of hydrogen-bond acceptors (Lipinski definition) is 6. The number of amides is 1. The van der Waals surface area contributed by atoms with E-state index in [1.165, 1.54) is 43.2 Å². The van der Waals surface area contributed by atoms with Crippen LogP contribution in [0.3, 0.4) is 0 Å². The van der Waals surface area contributed by atoms with Gasteiger partial charge in [-0.25, -0.2) is 0 Å². The van der Waals surface area contributed by atoms with E-state index in [1.807, 2.05) is 0 Å². The summed E-state index contributed by atoms with van der Waals surface area (Å²) in [7, 11) is -4.42. The maximum absolute atomic E-state index is 11.9. The maximum Gasteiger partial charge on any atom is 0.296 e. The number of benzene rings is 1. The Hall–Kier alpha value is -1.29. The zero-order valence-electron chi connectivity index (χ0n) is 14.6. The lowest BCUT2D eigenvalue weighted by atomic mass is 9.98. The summed E-state index contributed by atoms with van der Waals surface area (Å²) in [5.41, 5.74) is 5.72. The van der Waals surface area contributed by atoms with Gasteiger partial charge in [-0.3, -0.25) is 9.35 Å². The highest BCUT2D eigenvalue weighted by molar-refractivity contribution is 7.99. The Kier molecular flexibility index (Phi) is 8.20. The van der Waals surface area contributed by atoms with Crippen molar-refractivity contribution in [3.63, 3.8) is 0 Å². The normalized spacial score (nSPS) is 15.7. The van der Waals surface area contributed by atoms with Crippen molar-refractivity contribution in [1.82, 2.24) is 0 Å². The molecule has 0 aliphatic heterocycles. The van der Waals surface area contributed by atoms with Gasteiger partial charge >= 0.3 is 0 Å². The zero-order valence-corrected chi connectivity index (χ0v) is 16.3. The molecule has 1 amide bonds. The number of ether oxygens (including phenoxy) is 1. The second-order valence-electron chi connectivity index (χ2n) is 6.31. The number of anilines is 2. The quantitative estimate of drug-likeness (QED) is 0.330. The van der Waals surface area contributed by atoms with Crippen LogP contribution in [0.15, 0.2) is 23.1 Å². The van der Waals surface area contributed by atoms with E-state index in [0.29, 0.717) is 6.10 Å². The average Bonchev–Trinajstić information content (AvgIpc) is 2.59. The molecule has 0 spiro atoms. The molecular weight excluding hydrogens is 376 g/mol. The molecule has 1 aliphatic carbocycles. The van der Waals surface area contributed by atoms with E-state index in [0.717, 1.165) is 37.7 Å². The molecule has 0 heterocycles. The van der Waals surface area contributed by atoms with Gasteiger partial charge in [-0.1, -0.05) is 19.3 Å². The number of hydrogen-bond donors (Lipinski definition) is 3. The Morgan fingerprint density at radius 1 is 1.31 bits per heavy atom. The van der Waals surface area contributed by atoms with Crippen LogP contribution in [0.5, 0.6) is 0 Å². The first-order valence-corrected chi connectivity index (χ1v) is 11.3. The number of carbonyl (C=O) groups is 1. The van der Waals surface area contributed by atoms with E-state index >= 15 is 0 Å². The molecular formula is C17H26N2O5S2. The van der Waals surface area contributed by atoms with Crippen molar-refractivity contribution in [1.29, 1.82) is 0 Å². The Labute approximate surface area is 158 Å². The fourth-order valence-corrected chi connectivity index (χ4v) is 4.21. The molecule has 26 heavy (non-hydrogen) atoms. The largest absolute Gasteiger partial charge is 0.398 e. The molecule has 0 atom stereocenters. The number of nitrogen functional groups attached to an aromatic ring is 1. The molecule has 9 heteroatoms.